The maximum Gasteiger partial charge on any atom is 0.248 e. The maximum atomic E-state index is 13.1. The van der Waals surface area contributed by atoms with Crippen LogP contribution in [-0.2, 0) is 31.3 Å². The highest BCUT2D eigenvalue weighted by atomic mass is 32.2. The van der Waals surface area contributed by atoms with Crippen LogP contribution >= 0.6 is 0 Å². The van der Waals surface area contributed by atoms with Gasteiger partial charge in [0.2, 0.25) is 26.0 Å². The van der Waals surface area contributed by atoms with Gasteiger partial charge in [0, 0.05) is 25.8 Å². The Morgan fingerprint density at radius 3 is 2.20 bits per heavy atom. The minimum Gasteiger partial charge on any atom is -0.307 e. The Kier molecular flexibility index (Phi) is 5.94. The van der Waals surface area contributed by atoms with E-state index in [9.17, 15) is 21.6 Å². The molecule has 2 aromatic rings. The second kappa shape index (κ2) is 8.01. The first-order valence-electron chi connectivity index (χ1n) is 9.33. The molecular weight excluding hydrogens is 426 g/mol. The number of hydrogen-bond acceptors (Lipinski definition) is 5. The summed E-state index contributed by atoms with van der Waals surface area (Å²) >= 11 is 0. The van der Waals surface area contributed by atoms with Crippen molar-refractivity contribution in [1.82, 2.24) is 4.31 Å². The van der Waals surface area contributed by atoms with Crippen LogP contribution in [0.5, 0.6) is 0 Å². The third-order valence-corrected chi connectivity index (χ3v) is 8.03. The number of nitrogens with zero attached hydrogens (tertiary/aromatic N) is 3. The van der Waals surface area contributed by atoms with Crippen LogP contribution in [0.15, 0.2) is 53.4 Å². The summed E-state index contributed by atoms with van der Waals surface area (Å²) in [4.78, 5) is 14.7. The lowest BCUT2D eigenvalue weighted by Crippen LogP contribution is -2.45. The average Bonchev–Trinajstić information content (AvgIpc) is 3.00. The van der Waals surface area contributed by atoms with Crippen molar-refractivity contribution in [2.75, 3.05) is 36.1 Å². The number of carbonyl (C=O) groups is 1. The van der Waals surface area contributed by atoms with Gasteiger partial charge in [-0.05, 0) is 49.2 Å². The molecule has 0 radical (unpaired) electrons. The fraction of sp³-hybridized carbons (Fsp3) is 0.350. The van der Waals surface area contributed by atoms with Crippen molar-refractivity contribution in [2.45, 2.75) is 24.3 Å². The van der Waals surface area contributed by atoms with Gasteiger partial charge in [0.25, 0.3) is 0 Å². The molecule has 0 fully saturated rings. The zero-order valence-corrected chi connectivity index (χ0v) is 18.9. The molecule has 10 heteroatoms. The third-order valence-electron chi connectivity index (χ3n) is 5.06. The Morgan fingerprint density at radius 1 is 1.03 bits per heavy atom. The van der Waals surface area contributed by atoms with Gasteiger partial charge in [0.15, 0.2) is 0 Å². The summed E-state index contributed by atoms with van der Waals surface area (Å²) in [5, 5.41) is 0. The van der Waals surface area contributed by atoms with Crippen molar-refractivity contribution in [3.05, 3.63) is 54.1 Å². The molecule has 0 spiro atoms. The summed E-state index contributed by atoms with van der Waals surface area (Å²) in [6, 6.07) is 12.9. The van der Waals surface area contributed by atoms with E-state index in [2.05, 4.69) is 0 Å². The first-order chi connectivity index (χ1) is 13.9. The van der Waals surface area contributed by atoms with Crippen LogP contribution in [0.25, 0.3) is 0 Å². The predicted octanol–water partition coefficient (Wildman–Crippen LogP) is 1.68. The highest BCUT2D eigenvalue weighted by molar-refractivity contribution is 7.92. The van der Waals surface area contributed by atoms with Gasteiger partial charge in [-0.15, -0.1) is 0 Å². The van der Waals surface area contributed by atoms with Gasteiger partial charge in [-0.25, -0.2) is 21.1 Å². The summed E-state index contributed by atoms with van der Waals surface area (Å²) in [6.07, 6.45) is 1.73. The number of amides is 1. The minimum absolute atomic E-state index is 0.0399. The highest BCUT2D eigenvalue weighted by Gasteiger charge is 2.33. The van der Waals surface area contributed by atoms with Crippen molar-refractivity contribution in [1.29, 1.82) is 0 Å². The summed E-state index contributed by atoms with van der Waals surface area (Å²) in [7, 11) is -4.58. The van der Waals surface area contributed by atoms with Crippen molar-refractivity contribution < 1.29 is 21.6 Å². The van der Waals surface area contributed by atoms with Crippen LogP contribution in [0.4, 0.5) is 11.4 Å². The number of fused-ring (bicyclic) bond motifs is 1. The molecule has 162 valence electrons. The predicted molar refractivity (Wildman–Crippen MR) is 117 cm³/mol. The second-order valence-electron chi connectivity index (χ2n) is 7.50. The topological polar surface area (TPSA) is 95.1 Å². The van der Waals surface area contributed by atoms with E-state index in [4.69, 9.17) is 0 Å². The first-order valence-corrected chi connectivity index (χ1v) is 12.6. The molecular formula is C20H25N3O5S2. The fourth-order valence-corrected chi connectivity index (χ4v) is 5.29. The van der Waals surface area contributed by atoms with Gasteiger partial charge in [0.1, 0.15) is 6.54 Å². The van der Waals surface area contributed by atoms with E-state index in [0.29, 0.717) is 6.42 Å². The quantitative estimate of drug-likeness (QED) is 0.666. The van der Waals surface area contributed by atoms with Crippen LogP contribution in [0.2, 0.25) is 0 Å². The molecule has 1 aliphatic rings. The van der Waals surface area contributed by atoms with Crippen molar-refractivity contribution in [2.24, 2.45) is 0 Å². The molecule has 0 N–H and O–H groups in total. The Morgan fingerprint density at radius 2 is 1.63 bits per heavy atom. The number of rotatable bonds is 6. The molecule has 1 heterocycles. The van der Waals surface area contributed by atoms with Crippen molar-refractivity contribution >= 4 is 37.3 Å². The van der Waals surface area contributed by atoms with Gasteiger partial charge >= 0.3 is 0 Å². The van der Waals surface area contributed by atoms with Crippen LogP contribution in [0, 0.1) is 0 Å². The molecule has 1 amide bonds. The zero-order valence-electron chi connectivity index (χ0n) is 17.3. The SMILES string of the molecule is CC1Cc2ccccc2N1C(=O)CN(c1ccc(S(=O)(=O)N(C)C)cc1)S(C)(=O)=O. The van der Waals surface area contributed by atoms with Gasteiger partial charge < -0.3 is 4.90 Å². The van der Waals surface area contributed by atoms with Crippen molar-refractivity contribution in [3.8, 4) is 0 Å². The van der Waals surface area contributed by atoms with Crippen LogP contribution in [-0.4, -0.2) is 60.0 Å². The summed E-state index contributed by atoms with van der Waals surface area (Å²) in [6.45, 7) is 1.54. The van der Waals surface area contributed by atoms with Crippen LogP contribution < -0.4 is 9.21 Å². The Balaban J connectivity index is 1.91. The minimum atomic E-state index is -3.78. The van der Waals surface area contributed by atoms with Gasteiger partial charge in [-0.3, -0.25) is 9.10 Å². The number of anilines is 2. The van der Waals surface area contributed by atoms with Gasteiger partial charge in [-0.2, -0.15) is 0 Å². The fourth-order valence-electron chi connectivity index (χ4n) is 3.54. The monoisotopic (exact) mass is 451 g/mol. The largest absolute Gasteiger partial charge is 0.307 e. The van der Waals surface area contributed by atoms with E-state index < -0.39 is 20.0 Å². The van der Waals surface area contributed by atoms with Crippen LogP contribution in [0.1, 0.15) is 12.5 Å². The Bertz CT molecular complexity index is 1160. The number of sulfonamides is 2. The second-order valence-corrected chi connectivity index (χ2v) is 11.6. The lowest BCUT2D eigenvalue weighted by atomic mass is 10.1. The normalized spacial score (nSPS) is 16.6. The number of hydrogen-bond donors (Lipinski definition) is 0. The Hall–Kier alpha value is -2.43. The number of para-hydroxylation sites is 1. The van der Waals surface area contributed by atoms with E-state index in [1.165, 1.54) is 38.4 Å². The zero-order chi connectivity index (χ0) is 22.3. The van der Waals surface area contributed by atoms with E-state index in [1.54, 1.807) is 4.90 Å². The molecule has 8 nitrogen and oxygen atoms in total. The van der Waals surface area contributed by atoms with Gasteiger partial charge in [0.05, 0.1) is 16.8 Å². The Labute approximate surface area is 177 Å². The maximum absolute atomic E-state index is 13.1. The van der Waals surface area contributed by atoms with Crippen molar-refractivity contribution in [3.63, 3.8) is 0 Å². The van der Waals surface area contributed by atoms with E-state index in [1.807, 2.05) is 31.2 Å². The molecule has 1 atom stereocenters. The smallest absolute Gasteiger partial charge is 0.248 e. The molecule has 0 saturated carbocycles. The standard InChI is InChI=1S/C20H25N3O5S2/c1-15-13-16-7-5-6-8-19(16)23(15)20(24)14-22(29(4,25)26)17-9-11-18(12-10-17)30(27,28)21(2)3/h5-12,15H,13-14H2,1-4H3. The molecule has 2 aromatic carbocycles. The highest BCUT2D eigenvalue weighted by Crippen LogP contribution is 2.32. The lowest BCUT2D eigenvalue weighted by Gasteiger charge is -2.28. The van der Waals surface area contributed by atoms with E-state index in [0.717, 1.165) is 26.1 Å². The molecule has 0 aliphatic carbocycles. The number of benzene rings is 2. The molecule has 0 bridgehead atoms. The molecule has 0 aromatic heterocycles. The summed E-state index contributed by atoms with van der Waals surface area (Å²) in [5.74, 6) is -0.345. The molecule has 1 unspecified atom stereocenters. The molecule has 30 heavy (non-hydrogen) atoms. The summed E-state index contributed by atoms with van der Waals surface area (Å²) < 4.78 is 51.4. The molecule has 1 aliphatic heterocycles. The molecule has 3 rings (SSSR count). The summed E-state index contributed by atoms with van der Waals surface area (Å²) in [5.41, 5.74) is 2.06. The first kappa shape index (κ1) is 22.3. The molecule has 0 saturated heterocycles. The third kappa shape index (κ3) is 4.21. The van der Waals surface area contributed by atoms with E-state index in [-0.39, 0.29) is 29.1 Å². The van der Waals surface area contributed by atoms with Crippen LogP contribution in [0.3, 0.4) is 0 Å². The number of carbonyl (C=O) groups excluding carboxylic acids is 1. The van der Waals surface area contributed by atoms with E-state index >= 15 is 0 Å². The average molecular weight is 452 g/mol. The van der Waals surface area contributed by atoms with Gasteiger partial charge in [-0.1, -0.05) is 18.2 Å². The lowest BCUT2D eigenvalue weighted by molar-refractivity contribution is -0.117.